The molecule has 3 aromatic rings. The first-order valence-electron chi connectivity index (χ1n) is 12.0. The van der Waals surface area contributed by atoms with E-state index < -0.39 is 0 Å². The van der Waals surface area contributed by atoms with E-state index in [-0.39, 0.29) is 27.7 Å². The molecule has 5 rings (SSSR count). The molecule has 0 bridgehead atoms. The van der Waals surface area contributed by atoms with E-state index in [1.54, 1.807) is 6.20 Å². The molecule has 7 nitrogen and oxygen atoms in total. The minimum absolute atomic E-state index is 0. The number of benzene rings is 1. The van der Waals surface area contributed by atoms with Gasteiger partial charge in [0.25, 0.3) is 0 Å². The zero-order chi connectivity index (χ0) is 23.6. The Morgan fingerprint density at radius 2 is 1.91 bits per heavy atom. The van der Waals surface area contributed by atoms with Crippen molar-refractivity contribution in [2.45, 2.75) is 71.0 Å². The Kier molecular flexibility index (Phi) is 12.5. The number of rotatable bonds is 6. The van der Waals surface area contributed by atoms with E-state index in [1.807, 2.05) is 42.6 Å². The van der Waals surface area contributed by atoms with Gasteiger partial charge in [-0.15, -0.1) is 11.6 Å². The number of hydrogen-bond donors (Lipinski definition) is 2. The van der Waals surface area contributed by atoms with Crippen LogP contribution in [0, 0.1) is 6.07 Å². The number of halogens is 1. The number of aliphatic hydroxyl groups is 1. The van der Waals surface area contributed by atoms with Crippen molar-refractivity contribution in [2.75, 3.05) is 23.4 Å². The molecule has 2 aromatic heterocycles. The summed E-state index contributed by atoms with van der Waals surface area (Å²) in [5.41, 5.74) is 8.67. The largest absolute Gasteiger partial charge is 2.00 e. The van der Waals surface area contributed by atoms with Gasteiger partial charge in [-0.1, -0.05) is 26.7 Å². The first kappa shape index (κ1) is 28.8. The van der Waals surface area contributed by atoms with Gasteiger partial charge < -0.3 is 21.1 Å². The first-order chi connectivity index (χ1) is 16.2. The second kappa shape index (κ2) is 14.8. The Balaban J connectivity index is 0.000000519. The summed E-state index contributed by atoms with van der Waals surface area (Å²) in [4.78, 5) is 7.19. The number of hydrogen-bond acceptors (Lipinski definition) is 5. The Morgan fingerprint density at radius 3 is 2.56 bits per heavy atom. The molecule has 1 aromatic carbocycles. The van der Waals surface area contributed by atoms with Crippen molar-refractivity contribution in [2.24, 2.45) is 0 Å². The van der Waals surface area contributed by atoms with Crippen molar-refractivity contribution in [1.29, 1.82) is 0 Å². The molecule has 1 saturated heterocycles. The molecule has 0 radical (unpaired) electrons. The van der Waals surface area contributed by atoms with E-state index in [4.69, 9.17) is 10.7 Å². The summed E-state index contributed by atoms with van der Waals surface area (Å²) < 4.78 is 2.70. The molecule has 1 saturated carbocycles. The summed E-state index contributed by atoms with van der Waals surface area (Å²) in [6.45, 7) is 5.87. The normalized spacial score (nSPS) is 17.1. The molecule has 2 aliphatic rings. The van der Waals surface area contributed by atoms with Gasteiger partial charge in [0.2, 0.25) is 0 Å². The van der Waals surface area contributed by atoms with Crippen LogP contribution in [0.15, 0.2) is 41.0 Å². The number of aliphatic hydroxyl groups excluding tert-OH is 1. The quantitative estimate of drug-likeness (QED) is 0.315. The van der Waals surface area contributed by atoms with Gasteiger partial charge in [-0.2, -0.15) is 39.9 Å². The van der Waals surface area contributed by atoms with E-state index in [1.165, 1.54) is 12.0 Å². The Bertz CT molecular complexity index is 980. The maximum absolute atomic E-state index is 9.45. The monoisotopic (exact) mass is 698 g/mol. The van der Waals surface area contributed by atoms with Gasteiger partial charge >= 0.3 is 21.1 Å². The summed E-state index contributed by atoms with van der Waals surface area (Å²) in [6, 6.07) is 13.7. The van der Waals surface area contributed by atoms with Crippen molar-refractivity contribution < 1.29 is 26.2 Å². The molecule has 0 amide bonds. The summed E-state index contributed by atoms with van der Waals surface area (Å²) in [7, 11) is 0. The number of nitrogens with one attached hydrogen (secondary N) is 2. The maximum atomic E-state index is 9.45. The molecular weight excluding hydrogens is 664 g/mol. The van der Waals surface area contributed by atoms with Gasteiger partial charge in [0.05, 0.1) is 10.7 Å². The average molecular weight is 699 g/mol. The second-order valence-electron chi connectivity index (χ2n) is 8.12. The van der Waals surface area contributed by atoms with Gasteiger partial charge in [0.1, 0.15) is 11.6 Å². The van der Waals surface area contributed by atoms with Crippen molar-refractivity contribution in [3.05, 3.63) is 58.4 Å². The van der Waals surface area contributed by atoms with Crippen LogP contribution in [-0.2, 0) is 27.6 Å². The Hall–Kier alpha value is -1.47. The Morgan fingerprint density at radius 1 is 1.21 bits per heavy atom. The molecule has 184 valence electrons. The van der Waals surface area contributed by atoms with Crippen LogP contribution in [0.2, 0.25) is 0 Å². The molecule has 1 aliphatic carbocycles. The van der Waals surface area contributed by atoms with Crippen LogP contribution in [0.1, 0.15) is 57.9 Å². The van der Waals surface area contributed by atoms with E-state index >= 15 is 0 Å². The third-order valence-corrected chi connectivity index (χ3v) is 6.20. The molecule has 1 atom stereocenters. The standard InChI is InChI=1S/C20H23BrN5O.C3H6N.C2H6.W/c21-17-14-23-26-18(22-13-15-6-2-1-3-7-15)12-19(24-20(17)26)25-10-5-4-8-16(25)9-11-27;4-3-1-2-3;1-2;/h2-3,6-7,12,14,16,22,27H,4-5,8-11,13H2;3-4H,1-2H2;1-2H3;/q2*-1;;+2. The molecule has 34 heavy (non-hydrogen) atoms. The van der Waals surface area contributed by atoms with Crippen LogP contribution >= 0.6 is 15.9 Å². The zero-order valence-electron chi connectivity index (χ0n) is 20.0. The fourth-order valence-corrected chi connectivity index (χ4v) is 4.11. The second-order valence-corrected chi connectivity index (χ2v) is 8.97. The number of aromatic nitrogens is 3. The molecule has 9 heteroatoms. The minimum atomic E-state index is 0. The smallest absolute Gasteiger partial charge is 0.675 e. The van der Waals surface area contributed by atoms with E-state index in [0.29, 0.717) is 18.6 Å². The summed E-state index contributed by atoms with van der Waals surface area (Å²) >= 11 is 3.56. The van der Waals surface area contributed by atoms with Gasteiger partial charge in [0.15, 0.2) is 5.65 Å². The van der Waals surface area contributed by atoms with Gasteiger partial charge in [0, 0.05) is 31.8 Å². The number of nitrogens with zero attached hydrogens (tertiary/aromatic N) is 4. The van der Waals surface area contributed by atoms with Crippen LogP contribution in [0.5, 0.6) is 0 Å². The van der Waals surface area contributed by atoms with Gasteiger partial charge in [-0.3, -0.25) is 0 Å². The number of fused-ring (bicyclic) bond motifs is 1. The Labute approximate surface area is 225 Å². The third-order valence-electron chi connectivity index (χ3n) is 5.64. The molecule has 1 aliphatic heterocycles. The summed E-state index contributed by atoms with van der Waals surface area (Å²) in [5.74, 6) is 1.84. The first-order valence-corrected chi connectivity index (χ1v) is 12.8. The maximum Gasteiger partial charge on any atom is 2.00 e. The topological polar surface area (TPSA) is 89.5 Å². The van der Waals surface area contributed by atoms with Crippen molar-refractivity contribution in [3.63, 3.8) is 0 Å². The van der Waals surface area contributed by atoms with Gasteiger partial charge in [-0.25, -0.2) is 4.98 Å². The van der Waals surface area contributed by atoms with Crippen LogP contribution in [-0.4, -0.2) is 44.9 Å². The van der Waals surface area contributed by atoms with Crippen molar-refractivity contribution >= 4 is 33.2 Å². The minimum Gasteiger partial charge on any atom is -0.675 e. The zero-order valence-corrected chi connectivity index (χ0v) is 24.5. The fourth-order valence-electron chi connectivity index (χ4n) is 3.76. The molecule has 0 spiro atoms. The predicted octanol–water partition coefficient (Wildman–Crippen LogP) is 5.87. The van der Waals surface area contributed by atoms with Gasteiger partial charge in [-0.05, 0) is 41.6 Å². The van der Waals surface area contributed by atoms with Crippen LogP contribution < -0.4 is 10.2 Å². The number of piperidine rings is 1. The average Bonchev–Trinajstić information content (AvgIpc) is 3.56. The fraction of sp³-hybridized carbons (Fsp3) is 0.520. The number of anilines is 2. The third kappa shape index (κ3) is 8.04. The predicted molar refractivity (Wildman–Crippen MR) is 139 cm³/mol. The molecule has 3 N–H and O–H groups in total. The van der Waals surface area contributed by atoms with Crippen LogP contribution in [0.25, 0.3) is 11.4 Å². The van der Waals surface area contributed by atoms with Crippen LogP contribution in [0.4, 0.5) is 11.6 Å². The SMILES string of the molecule is CC.OCCC1CCCCN1c1cc(NCc2cc[c-]cc2)n2ncc(Br)c2n1.[NH-]C1CC1.[W+2]. The summed E-state index contributed by atoms with van der Waals surface area (Å²) in [5, 5.41) is 17.4. The molecule has 2 fully saturated rings. The van der Waals surface area contributed by atoms with Crippen molar-refractivity contribution in [1.82, 2.24) is 14.6 Å². The molecule has 1 unspecified atom stereocenters. The molecule has 3 heterocycles. The van der Waals surface area contributed by atoms with E-state index in [9.17, 15) is 5.11 Å². The molecular formula is C25H35BrN6OW. The summed E-state index contributed by atoms with van der Waals surface area (Å²) in [6.07, 6.45) is 8.30. The van der Waals surface area contributed by atoms with E-state index in [0.717, 1.165) is 60.4 Å². The van der Waals surface area contributed by atoms with Crippen molar-refractivity contribution in [3.8, 4) is 0 Å². The van der Waals surface area contributed by atoms with Crippen LogP contribution in [0.3, 0.4) is 0 Å². The van der Waals surface area contributed by atoms with E-state index in [2.05, 4.69) is 43.4 Å².